The number of hydrogen-bond acceptors (Lipinski definition) is 2. The zero-order valence-electron chi connectivity index (χ0n) is 22.5. The van der Waals surface area contributed by atoms with E-state index in [0.29, 0.717) is 5.92 Å². The summed E-state index contributed by atoms with van der Waals surface area (Å²) in [4.78, 5) is 5.97. The van der Waals surface area contributed by atoms with Crippen LogP contribution in [0.15, 0.2) is 132 Å². The summed E-state index contributed by atoms with van der Waals surface area (Å²) < 4.78 is 1.38. The topological polar surface area (TPSA) is 12.4 Å². The normalized spacial score (nSPS) is 16.5. The molecule has 0 spiro atoms. The number of aliphatic imine (C=N–C) groups is 1. The van der Waals surface area contributed by atoms with Gasteiger partial charge in [-0.15, -0.1) is 11.3 Å². The Kier molecular flexibility index (Phi) is 6.63. The Balaban J connectivity index is 1.30. The molecule has 1 nitrogen and oxygen atoms in total. The van der Waals surface area contributed by atoms with Gasteiger partial charge in [0, 0.05) is 21.1 Å². The van der Waals surface area contributed by atoms with Gasteiger partial charge in [-0.25, -0.2) is 0 Å². The van der Waals surface area contributed by atoms with E-state index in [1.807, 2.05) is 11.3 Å². The van der Waals surface area contributed by atoms with E-state index in [1.54, 1.807) is 0 Å². The van der Waals surface area contributed by atoms with Crippen LogP contribution < -0.4 is 0 Å². The highest BCUT2D eigenvalue weighted by atomic mass is 32.1. The lowest BCUT2D eigenvalue weighted by Gasteiger charge is -2.25. The molecule has 0 bridgehead atoms. The van der Waals surface area contributed by atoms with E-state index >= 15 is 0 Å². The Labute approximate surface area is 240 Å². The van der Waals surface area contributed by atoms with Crippen molar-refractivity contribution >= 4 is 39.9 Å². The van der Waals surface area contributed by atoms with Crippen molar-refractivity contribution < 1.29 is 0 Å². The van der Waals surface area contributed by atoms with Crippen molar-refractivity contribution in [3.8, 4) is 11.1 Å². The fraction of sp³-hybridized carbons (Fsp3) is 0.132. The van der Waals surface area contributed by atoms with Gasteiger partial charge in [-0.1, -0.05) is 109 Å². The molecular formula is C38H31NS. The molecule has 0 amide bonds. The van der Waals surface area contributed by atoms with Gasteiger partial charge in [0.2, 0.25) is 0 Å². The van der Waals surface area contributed by atoms with Gasteiger partial charge in [0.1, 0.15) is 0 Å². The Hall–Kier alpha value is -4.27. The highest BCUT2D eigenvalue weighted by molar-refractivity contribution is 7.20. The predicted octanol–water partition coefficient (Wildman–Crippen LogP) is 10.3. The summed E-state index contributed by atoms with van der Waals surface area (Å²) in [6.07, 6.45) is 13.0. The predicted molar refractivity (Wildman–Crippen MR) is 173 cm³/mol. The summed E-state index contributed by atoms with van der Waals surface area (Å²) in [5.41, 5.74) is 10.0. The summed E-state index contributed by atoms with van der Waals surface area (Å²) in [6, 6.07) is 36.9. The van der Waals surface area contributed by atoms with Crippen molar-refractivity contribution in [1.82, 2.24) is 0 Å². The van der Waals surface area contributed by atoms with E-state index < -0.39 is 0 Å². The van der Waals surface area contributed by atoms with E-state index in [9.17, 15) is 0 Å². The van der Waals surface area contributed by atoms with Crippen molar-refractivity contribution in [2.24, 2.45) is 10.9 Å². The Morgan fingerprint density at radius 1 is 0.875 bits per heavy atom. The van der Waals surface area contributed by atoms with Crippen molar-refractivity contribution in [1.29, 1.82) is 0 Å². The Bertz CT molecular complexity index is 1750. The molecule has 0 radical (unpaired) electrons. The van der Waals surface area contributed by atoms with Crippen LogP contribution in [0.5, 0.6) is 0 Å². The minimum Gasteiger partial charge on any atom is -0.264 e. The summed E-state index contributed by atoms with van der Waals surface area (Å²) in [5, 5.41) is 1.42. The van der Waals surface area contributed by atoms with Crippen molar-refractivity contribution in [2.75, 3.05) is 0 Å². The molecule has 1 heterocycles. The molecule has 1 unspecified atom stereocenters. The van der Waals surface area contributed by atoms with Crippen LogP contribution in [-0.4, -0.2) is 6.72 Å². The van der Waals surface area contributed by atoms with Crippen molar-refractivity contribution in [3.63, 3.8) is 0 Å². The van der Waals surface area contributed by atoms with E-state index in [4.69, 9.17) is 0 Å². The monoisotopic (exact) mass is 533 g/mol. The number of rotatable bonds is 6. The first-order chi connectivity index (χ1) is 19.8. The van der Waals surface area contributed by atoms with Gasteiger partial charge in [0.15, 0.2) is 0 Å². The van der Waals surface area contributed by atoms with Crippen LogP contribution >= 0.6 is 11.3 Å². The second-order valence-corrected chi connectivity index (χ2v) is 11.8. The van der Waals surface area contributed by atoms with Crippen LogP contribution in [-0.2, 0) is 6.42 Å². The highest BCUT2D eigenvalue weighted by Crippen LogP contribution is 2.45. The van der Waals surface area contributed by atoms with Crippen molar-refractivity contribution in [2.45, 2.75) is 25.2 Å². The Morgan fingerprint density at radius 3 is 2.38 bits per heavy atom. The first-order valence-corrected chi connectivity index (χ1v) is 14.9. The molecule has 2 aliphatic rings. The van der Waals surface area contributed by atoms with Crippen molar-refractivity contribution in [3.05, 3.63) is 154 Å². The molecule has 2 aliphatic carbocycles. The van der Waals surface area contributed by atoms with Gasteiger partial charge in [-0.3, -0.25) is 4.99 Å². The molecule has 0 saturated carbocycles. The summed E-state index contributed by atoms with van der Waals surface area (Å²) in [6.45, 7) is 3.98. The van der Waals surface area contributed by atoms with E-state index in [0.717, 1.165) is 17.7 Å². The molecule has 2 heteroatoms. The number of fused-ring (bicyclic) bond motifs is 4. The third-order valence-electron chi connectivity index (χ3n) is 8.34. The summed E-state index contributed by atoms with van der Waals surface area (Å²) in [7, 11) is 0. The molecule has 7 rings (SSSR count). The zero-order chi connectivity index (χ0) is 26.9. The fourth-order valence-electron chi connectivity index (χ4n) is 6.30. The molecule has 1 atom stereocenters. The molecule has 40 heavy (non-hydrogen) atoms. The number of benzene rings is 4. The van der Waals surface area contributed by atoms with Gasteiger partial charge >= 0.3 is 0 Å². The molecule has 1 aromatic heterocycles. The number of thiophene rings is 1. The van der Waals surface area contributed by atoms with E-state index in [2.05, 4.69) is 139 Å². The molecule has 5 aromatic rings. The van der Waals surface area contributed by atoms with E-state index in [1.165, 1.54) is 61.2 Å². The van der Waals surface area contributed by atoms with Gasteiger partial charge in [0.05, 0.1) is 5.70 Å². The zero-order valence-corrected chi connectivity index (χ0v) is 23.3. The fourth-order valence-corrected chi connectivity index (χ4v) is 7.62. The van der Waals surface area contributed by atoms with Crippen LogP contribution in [0.3, 0.4) is 0 Å². The maximum Gasteiger partial charge on any atom is 0.0664 e. The third-order valence-corrected chi connectivity index (χ3v) is 9.57. The second kappa shape index (κ2) is 10.7. The van der Waals surface area contributed by atoms with Gasteiger partial charge in [-0.05, 0) is 88.9 Å². The van der Waals surface area contributed by atoms with Gasteiger partial charge in [0.25, 0.3) is 0 Å². The Morgan fingerprint density at radius 2 is 1.62 bits per heavy atom. The SMILES string of the molecule is C=N/C(=C\C(c1ccccc1)c1ccccc1)c1cccc(-c2cccc3c4c(sc23)C=C2C=CCCC2C4)c1. The lowest BCUT2D eigenvalue weighted by molar-refractivity contribution is 0.560. The summed E-state index contributed by atoms with van der Waals surface area (Å²) in [5.74, 6) is 0.750. The second-order valence-electron chi connectivity index (χ2n) is 10.7. The number of hydrogen-bond donors (Lipinski definition) is 0. The van der Waals surface area contributed by atoms with Crippen LogP contribution in [0.4, 0.5) is 0 Å². The lowest BCUT2D eigenvalue weighted by atomic mass is 9.80. The average Bonchev–Trinajstić information content (AvgIpc) is 3.39. The van der Waals surface area contributed by atoms with Crippen LogP contribution in [0.2, 0.25) is 0 Å². The van der Waals surface area contributed by atoms with Gasteiger partial charge < -0.3 is 0 Å². The van der Waals surface area contributed by atoms with Crippen LogP contribution in [0.25, 0.3) is 33.0 Å². The maximum atomic E-state index is 4.54. The molecule has 0 fully saturated rings. The van der Waals surface area contributed by atoms with E-state index in [-0.39, 0.29) is 5.92 Å². The van der Waals surface area contributed by atoms with Crippen LogP contribution in [0, 0.1) is 5.92 Å². The molecular weight excluding hydrogens is 502 g/mol. The molecule has 4 aromatic carbocycles. The van der Waals surface area contributed by atoms with Crippen LogP contribution in [0.1, 0.15) is 45.9 Å². The molecule has 0 N–H and O–H groups in total. The minimum atomic E-state index is 0.0876. The number of nitrogens with zero attached hydrogens (tertiary/aromatic N) is 1. The minimum absolute atomic E-state index is 0.0876. The largest absolute Gasteiger partial charge is 0.264 e. The standard InChI is InChI=1S/C38H31NS/c1-39-36(25-34(26-12-4-2-5-13-26)27-14-6-3-7-15-27)31-19-10-18-30(22-31)32-20-11-21-33-35-23-28-16-8-9-17-29(28)24-37(35)40-38(32)33/h2-7,9-15,17-22,24-25,28,34H,1,8,16,23H2/b36-25-. The maximum absolute atomic E-state index is 4.54. The quantitative estimate of drug-likeness (QED) is 0.193. The molecule has 0 saturated heterocycles. The molecule has 0 aliphatic heterocycles. The van der Waals surface area contributed by atoms with Gasteiger partial charge in [-0.2, -0.15) is 0 Å². The third kappa shape index (κ3) is 4.59. The average molecular weight is 534 g/mol. The first kappa shape index (κ1) is 24.7. The smallest absolute Gasteiger partial charge is 0.0664 e. The summed E-state index contributed by atoms with van der Waals surface area (Å²) >= 11 is 1.94. The number of allylic oxidation sites excluding steroid dienone is 4. The first-order valence-electron chi connectivity index (χ1n) is 14.1. The molecule has 194 valence electrons. The lowest BCUT2D eigenvalue weighted by Crippen LogP contribution is -2.13. The highest BCUT2D eigenvalue weighted by Gasteiger charge is 2.25.